The highest BCUT2D eigenvalue weighted by Gasteiger charge is 2.16. The molecule has 0 saturated heterocycles. The predicted octanol–water partition coefficient (Wildman–Crippen LogP) is 3.38. The summed E-state index contributed by atoms with van der Waals surface area (Å²) in [7, 11) is 1.60. The third-order valence-corrected chi connectivity index (χ3v) is 3.93. The Bertz CT molecular complexity index is 470. The van der Waals surface area contributed by atoms with Gasteiger partial charge in [-0.25, -0.2) is 5.43 Å². The first kappa shape index (κ1) is 14.6. The lowest BCUT2D eigenvalue weighted by Crippen LogP contribution is -2.22. The van der Waals surface area contributed by atoms with Gasteiger partial charge in [0.15, 0.2) is 0 Å². The number of hydrazone groups is 1. The Morgan fingerprint density at radius 2 is 1.95 bits per heavy atom. The highest BCUT2D eigenvalue weighted by Crippen LogP contribution is 2.24. The van der Waals surface area contributed by atoms with E-state index < -0.39 is 0 Å². The van der Waals surface area contributed by atoms with Crippen LogP contribution in [-0.4, -0.2) is 18.7 Å². The number of nitrogens with one attached hydrogen (secondary N) is 1. The molecule has 1 aliphatic rings. The van der Waals surface area contributed by atoms with Crippen LogP contribution < -0.4 is 10.2 Å². The van der Waals surface area contributed by atoms with Gasteiger partial charge >= 0.3 is 0 Å². The van der Waals surface area contributed by atoms with E-state index in [1.165, 1.54) is 19.3 Å². The minimum absolute atomic E-state index is 0.169. The molecule has 0 aromatic heterocycles. The Kier molecular flexibility index (Phi) is 5.16. The third kappa shape index (κ3) is 3.83. The molecule has 0 heterocycles. The minimum Gasteiger partial charge on any atom is -0.497 e. The van der Waals surface area contributed by atoms with Crippen LogP contribution in [0, 0.1) is 5.92 Å². The van der Waals surface area contributed by atoms with Gasteiger partial charge in [0.25, 0.3) is 5.91 Å². The first-order valence-corrected chi connectivity index (χ1v) is 7.22. The maximum absolute atomic E-state index is 11.9. The van der Waals surface area contributed by atoms with Gasteiger partial charge in [-0.3, -0.25) is 4.79 Å². The molecule has 20 heavy (non-hydrogen) atoms. The van der Waals surface area contributed by atoms with Crippen molar-refractivity contribution in [3.8, 4) is 5.75 Å². The first-order valence-electron chi connectivity index (χ1n) is 7.22. The number of amides is 1. The molecule has 0 spiro atoms. The summed E-state index contributed by atoms with van der Waals surface area (Å²) in [6.07, 6.45) is 5.62. The molecule has 1 aromatic carbocycles. The molecule has 2 rings (SSSR count). The summed E-state index contributed by atoms with van der Waals surface area (Å²) < 4.78 is 5.07. The van der Waals surface area contributed by atoms with Crippen molar-refractivity contribution in [1.29, 1.82) is 0 Å². The van der Waals surface area contributed by atoms with Gasteiger partial charge in [0.05, 0.1) is 7.11 Å². The van der Waals surface area contributed by atoms with Crippen LogP contribution in [0.3, 0.4) is 0 Å². The zero-order valence-corrected chi connectivity index (χ0v) is 12.2. The second-order valence-corrected chi connectivity index (χ2v) is 5.20. The molecular formula is C16H22N2O2. The van der Waals surface area contributed by atoms with Gasteiger partial charge in [0.2, 0.25) is 0 Å². The summed E-state index contributed by atoms with van der Waals surface area (Å²) in [6, 6.07) is 7.02. The van der Waals surface area contributed by atoms with E-state index in [1.807, 2.05) is 0 Å². The summed E-state index contributed by atoms with van der Waals surface area (Å²) in [5, 5.41) is 4.26. The molecule has 4 nitrogen and oxygen atoms in total. The first-order chi connectivity index (χ1) is 9.72. The normalized spacial score (nSPS) is 18.5. The van der Waals surface area contributed by atoms with Crippen molar-refractivity contribution < 1.29 is 9.53 Å². The van der Waals surface area contributed by atoms with Crippen molar-refractivity contribution in [2.45, 2.75) is 39.0 Å². The Hall–Kier alpha value is -1.84. The number of rotatable bonds is 4. The quantitative estimate of drug-likeness (QED) is 0.856. The van der Waals surface area contributed by atoms with Crippen molar-refractivity contribution in [2.24, 2.45) is 11.0 Å². The van der Waals surface area contributed by atoms with Gasteiger partial charge in [0.1, 0.15) is 5.75 Å². The van der Waals surface area contributed by atoms with Crippen LogP contribution in [0.1, 0.15) is 49.4 Å². The van der Waals surface area contributed by atoms with Gasteiger partial charge in [-0.15, -0.1) is 0 Å². The third-order valence-electron chi connectivity index (χ3n) is 3.93. The molecular weight excluding hydrogens is 252 g/mol. The number of hydrogen-bond donors (Lipinski definition) is 1. The van der Waals surface area contributed by atoms with E-state index in [1.54, 1.807) is 31.4 Å². The van der Waals surface area contributed by atoms with E-state index in [-0.39, 0.29) is 5.91 Å². The molecule has 1 fully saturated rings. The van der Waals surface area contributed by atoms with Crippen molar-refractivity contribution in [1.82, 2.24) is 5.43 Å². The van der Waals surface area contributed by atoms with Gasteiger partial charge in [-0.2, -0.15) is 5.10 Å². The fraction of sp³-hybridized carbons (Fsp3) is 0.500. The second-order valence-electron chi connectivity index (χ2n) is 5.20. The molecule has 1 aliphatic carbocycles. The van der Waals surface area contributed by atoms with Crippen molar-refractivity contribution in [2.75, 3.05) is 7.11 Å². The predicted molar refractivity (Wildman–Crippen MR) is 80.1 cm³/mol. The maximum Gasteiger partial charge on any atom is 0.271 e. The van der Waals surface area contributed by atoms with Gasteiger partial charge in [-0.1, -0.05) is 13.3 Å². The summed E-state index contributed by atoms with van der Waals surface area (Å²) >= 11 is 0. The topological polar surface area (TPSA) is 50.7 Å². The Morgan fingerprint density at radius 1 is 1.30 bits per heavy atom. The number of carbonyl (C=O) groups excluding carboxylic acids is 1. The van der Waals surface area contributed by atoms with E-state index in [2.05, 4.69) is 17.5 Å². The molecule has 4 heteroatoms. The molecule has 0 bridgehead atoms. The van der Waals surface area contributed by atoms with Crippen LogP contribution in [0.2, 0.25) is 0 Å². The Morgan fingerprint density at radius 3 is 2.50 bits per heavy atom. The summed E-state index contributed by atoms with van der Waals surface area (Å²) in [5.74, 6) is 1.40. The van der Waals surface area contributed by atoms with E-state index in [9.17, 15) is 4.79 Å². The minimum atomic E-state index is -0.169. The van der Waals surface area contributed by atoms with E-state index in [0.29, 0.717) is 5.56 Å². The molecule has 1 N–H and O–H groups in total. The average molecular weight is 274 g/mol. The van der Waals surface area contributed by atoms with Crippen LogP contribution in [0.4, 0.5) is 0 Å². The number of ether oxygens (including phenoxy) is 1. The van der Waals surface area contributed by atoms with Crippen molar-refractivity contribution in [3.63, 3.8) is 0 Å². The van der Waals surface area contributed by atoms with Gasteiger partial charge in [-0.05, 0) is 55.9 Å². The number of hydrogen-bond acceptors (Lipinski definition) is 3. The van der Waals surface area contributed by atoms with E-state index >= 15 is 0 Å². The summed E-state index contributed by atoms with van der Waals surface area (Å²) in [5.41, 5.74) is 4.35. The second kappa shape index (κ2) is 7.08. The molecule has 0 aliphatic heterocycles. The van der Waals surface area contributed by atoms with Crippen LogP contribution in [0.5, 0.6) is 5.75 Å². The van der Waals surface area contributed by atoms with Gasteiger partial charge in [0, 0.05) is 11.3 Å². The fourth-order valence-corrected chi connectivity index (χ4v) is 2.47. The Labute approximate surface area is 120 Å². The molecule has 0 atom stereocenters. The molecule has 0 unspecified atom stereocenters. The monoisotopic (exact) mass is 274 g/mol. The lowest BCUT2D eigenvalue weighted by Gasteiger charge is -2.21. The van der Waals surface area contributed by atoms with E-state index in [4.69, 9.17) is 4.74 Å². The molecule has 1 aromatic rings. The van der Waals surface area contributed by atoms with Crippen LogP contribution >= 0.6 is 0 Å². The smallest absolute Gasteiger partial charge is 0.271 e. The average Bonchev–Trinajstić information content (AvgIpc) is 2.53. The standard InChI is InChI=1S/C16H22N2O2/c1-3-12-4-8-14(9-5-12)17-18-16(19)13-6-10-15(20-2)11-7-13/h6-7,10-12H,3-5,8-9H2,1-2H3,(H,18,19). The zero-order valence-electron chi connectivity index (χ0n) is 12.2. The van der Waals surface area contributed by atoms with Crippen molar-refractivity contribution in [3.05, 3.63) is 29.8 Å². The van der Waals surface area contributed by atoms with Gasteiger partial charge < -0.3 is 4.74 Å². The largest absolute Gasteiger partial charge is 0.497 e. The lowest BCUT2D eigenvalue weighted by molar-refractivity contribution is 0.0954. The number of methoxy groups -OCH3 is 1. The van der Waals surface area contributed by atoms with Crippen molar-refractivity contribution >= 4 is 11.6 Å². The fourth-order valence-electron chi connectivity index (χ4n) is 2.47. The SMILES string of the molecule is CCC1CCC(=NNC(=O)c2ccc(OC)cc2)CC1. The number of carbonyl (C=O) groups is 1. The zero-order chi connectivity index (χ0) is 14.4. The Balaban J connectivity index is 1.88. The lowest BCUT2D eigenvalue weighted by atomic mass is 9.86. The molecule has 0 radical (unpaired) electrons. The number of nitrogens with zero attached hydrogens (tertiary/aromatic N) is 1. The highest BCUT2D eigenvalue weighted by atomic mass is 16.5. The maximum atomic E-state index is 11.9. The van der Waals surface area contributed by atoms with Crippen LogP contribution in [-0.2, 0) is 0 Å². The van der Waals surface area contributed by atoms with E-state index in [0.717, 1.165) is 30.2 Å². The van der Waals surface area contributed by atoms with Crippen LogP contribution in [0.15, 0.2) is 29.4 Å². The van der Waals surface area contributed by atoms with Crippen LogP contribution in [0.25, 0.3) is 0 Å². The molecule has 108 valence electrons. The summed E-state index contributed by atoms with van der Waals surface area (Å²) in [4.78, 5) is 11.9. The number of benzene rings is 1. The highest BCUT2D eigenvalue weighted by molar-refractivity contribution is 5.95. The molecule has 1 amide bonds. The summed E-state index contributed by atoms with van der Waals surface area (Å²) in [6.45, 7) is 2.23. The molecule has 1 saturated carbocycles.